The Morgan fingerprint density at radius 2 is 1.34 bits per heavy atom. The Bertz CT molecular complexity index is 1650. The number of carbonyl (C=O) groups excluding carboxylic acids is 3. The Morgan fingerprint density at radius 1 is 0.750 bits per heavy atom. The molecule has 0 fully saturated rings. The molecule has 0 bridgehead atoms. The van der Waals surface area contributed by atoms with Gasteiger partial charge in [-0.2, -0.15) is 0 Å². The van der Waals surface area contributed by atoms with Gasteiger partial charge in [0.15, 0.2) is 11.5 Å². The van der Waals surface area contributed by atoms with Gasteiger partial charge in [-0.1, -0.05) is 29.8 Å². The lowest BCUT2D eigenvalue weighted by atomic mass is 10.1. The van der Waals surface area contributed by atoms with Gasteiger partial charge in [0.05, 0.1) is 27.1 Å². The molecule has 0 unspecified atom stereocenters. The van der Waals surface area contributed by atoms with Crippen LogP contribution in [0.4, 0.5) is 11.4 Å². The number of rotatable bonds is 12. The van der Waals surface area contributed by atoms with Crippen LogP contribution in [0.1, 0.15) is 15.9 Å². The maximum atomic E-state index is 13.5. The van der Waals surface area contributed by atoms with Gasteiger partial charge in [-0.25, -0.2) is 0 Å². The minimum Gasteiger partial charge on any atom is -0.496 e. The molecular weight excluding hydrogens is 602 g/mol. The summed E-state index contributed by atoms with van der Waals surface area (Å²) in [7, 11) is 4.49. The zero-order chi connectivity index (χ0) is 31.5. The van der Waals surface area contributed by atoms with E-state index in [1.807, 2.05) is 0 Å². The van der Waals surface area contributed by atoms with E-state index in [0.29, 0.717) is 44.8 Å². The number of methoxy groups -OCH3 is 3. The number of hydrogen-bond donors (Lipinski definition) is 3. The highest BCUT2D eigenvalue weighted by atomic mass is 35.5. The highest BCUT2D eigenvalue weighted by Gasteiger charge is 2.18. The van der Waals surface area contributed by atoms with Crippen molar-refractivity contribution in [1.82, 2.24) is 5.32 Å². The summed E-state index contributed by atoms with van der Waals surface area (Å²) in [6.07, 6.45) is 1.50. The zero-order valence-electron chi connectivity index (χ0n) is 24.2. The molecule has 0 heterocycles. The van der Waals surface area contributed by atoms with E-state index in [2.05, 4.69) is 16.0 Å². The Morgan fingerprint density at radius 3 is 1.98 bits per heavy atom. The molecule has 226 valence electrons. The average molecular weight is 632 g/mol. The van der Waals surface area contributed by atoms with Gasteiger partial charge in [-0.05, 0) is 72.8 Å². The van der Waals surface area contributed by atoms with E-state index in [4.69, 9.17) is 25.8 Å². The van der Waals surface area contributed by atoms with Crippen molar-refractivity contribution in [3.05, 3.63) is 113 Å². The summed E-state index contributed by atoms with van der Waals surface area (Å²) in [6, 6.07) is 25.7. The molecule has 4 aromatic rings. The van der Waals surface area contributed by atoms with Crippen molar-refractivity contribution in [2.75, 3.05) is 37.7 Å². The van der Waals surface area contributed by atoms with E-state index >= 15 is 0 Å². The summed E-state index contributed by atoms with van der Waals surface area (Å²) in [6.45, 7) is 0. The van der Waals surface area contributed by atoms with Crippen molar-refractivity contribution < 1.29 is 28.6 Å². The number of carbonyl (C=O) groups is 3. The number of amides is 3. The first kappa shape index (κ1) is 32.0. The summed E-state index contributed by atoms with van der Waals surface area (Å²) < 4.78 is 16.3. The molecule has 0 atom stereocenters. The van der Waals surface area contributed by atoms with Gasteiger partial charge < -0.3 is 30.2 Å². The van der Waals surface area contributed by atoms with Crippen LogP contribution in [0.2, 0.25) is 5.02 Å². The van der Waals surface area contributed by atoms with Gasteiger partial charge in [-0.15, -0.1) is 11.8 Å². The van der Waals surface area contributed by atoms with Gasteiger partial charge in [0.2, 0.25) is 5.91 Å². The summed E-state index contributed by atoms with van der Waals surface area (Å²) in [4.78, 5) is 39.7. The third-order valence-electron chi connectivity index (χ3n) is 6.17. The first-order valence-electron chi connectivity index (χ1n) is 13.3. The summed E-state index contributed by atoms with van der Waals surface area (Å²) >= 11 is 7.24. The number of nitrogens with one attached hydrogen (secondary N) is 3. The number of anilines is 2. The Labute approximate surface area is 264 Å². The SMILES string of the molecule is COc1cc(OC)c(OC)cc1/C=C(\NC(=O)c1ccccc1)C(=O)Nc1ccc(SCC(=O)Nc2ccc(Cl)cc2)cc1. The molecular formula is C33H30ClN3O6S. The maximum absolute atomic E-state index is 13.5. The molecule has 0 aromatic heterocycles. The van der Waals surface area contributed by atoms with E-state index in [-0.39, 0.29) is 17.4 Å². The first-order chi connectivity index (χ1) is 21.3. The van der Waals surface area contributed by atoms with Crippen LogP contribution in [0.15, 0.2) is 102 Å². The molecule has 3 amide bonds. The third kappa shape index (κ3) is 8.79. The molecule has 11 heteroatoms. The largest absolute Gasteiger partial charge is 0.496 e. The second-order valence-electron chi connectivity index (χ2n) is 9.15. The van der Waals surface area contributed by atoms with Gasteiger partial charge in [0, 0.05) is 38.5 Å². The predicted molar refractivity (Wildman–Crippen MR) is 174 cm³/mol. The second-order valence-corrected chi connectivity index (χ2v) is 10.6. The van der Waals surface area contributed by atoms with Crippen molar-refractivity contribution in [1.29, 1.82) is 0 Å². The predicted octanol–water partition coefficient (Wildman–Crippen LogP) is 6.51. The van der Waals surface area contributed by atoms with E-state index in [9.17, 15) is 14.4 Å². The zero-order valence-corrected chi connectivity index (χ0v) is 25.8. The quantitative estimate of drug-likeness (QED) is 0.121. The van der Waals surface area contributed by atoms with E-state index in [1.165, 1.54) is 39.2 Å². The molecule has 0 spiro atoms. The number of benzene rings is 4. The van der Waals surface area contributed by atoms with Crippen molar-refractivity contribution >= 4 is 58.5 Å². The van der Waals surface area contributed by atoms with Crippen molar-refractivity contribution in [2.24, 2.45) is 0 Å². The molecule has 0 aliphatic rings. The summed E-state index contributed by atoms with van der Waals surface area (Å²) in [5, 5.41) is 8.94. The van der Waals surface area contributed by atoms with Crippen LogP contribution in [0.3, 0.4) is 0 Å². The fourth-order valence-corrected chi connectivity index (χ4v) is 4.80. The Hall–Kier alpha value is -4.93. The van der Waals surface area contributed by atoms with Crippen LogP contribution in [-0.4, -0.2) is 44.8 Å². The summed E-state index contributed by atoms with van der Waals surface area (Å²) in [5.74, 6) is 0.279. The molecule has 44 heavy (non-hydrogen) atoms. The van der Waals surface area contributed by atoms with Gasteiger partial charge >= 0.3 is 0 Å². The van der Waals surface area contributed by atoms with Crippen LogP contribution >= 0.6 is 23.4 Å². The Kier molecular flexibility index (Phi) is 11.3. The molecule has 4 aromatic carbocycles. The first-order valence-corrected chi connectivity index (χ1v) is 14.6. The molecule has 0 saturated heterocycles. The standard InChI is InChI=1S/C33H30ClN3O6S/c1-41-28-19-30(43-3)29(42-2)18-22(28)17-27(37-32(39)21-7-5-4-6-8-21)33(40)36-25-13-15-26(16-14-25)44-20-31(38)35-24-11-9-23(34)10-12-24/h4-19H,20H2,1-3H3,(H,35,38)(H,36,40)(H,37,39)/b27-17-. The van der Waals surface area contributed by atoms with Crippen molar-refractivity contribution in [2.45, 2.75) is 4.90 Å². The maximum Gasteiger partial charge on any atom is 0.272 e. The van der Waals surface area contributed by atoms with Gasteiger partial charge in [0.25, 0.3) is 11.8 Å². The van der Waals surface area contributed by atoms with E-state index in [0.717, 1.165) is 4.90 Å². The van der Waals surface area contributed by atoms with Crippen LogP contribution in [0, 0.1) is 0 Å². The van der Waals surface area contributed by atoms with Crippen LogP contribution in [0.5, 0.6) is 17.2 Å². The molecule has 0 saturated carbocycles. The Balaban J connectivity index is 1.50. The minimum atomic E-state index is -0.561. The van der Waals surface area contributed by atoms with Crippen LogP contribution in [-0.2, 0) is 9.59 Å². The number of ether oxygens (including phenoxy) is 3. The lowest BCUT2D eigenvalue weighted by molar-refractivity contribution is -0.114. The summed E-state index contributed by atoms with van der Waals surface area (Å²) in [5.41, 5.74) is 1.98. The lowest BCUT2D eigenvalue weighted by Gasteiger charge is -2.15. The minimum absolute atomic E-state index is 0.0262. The van der Waals surface area contributed by atoms with Crippen molar-refractivity contribution in [3.8, 4) is 17.2 Å². The number of hydrogen-bond acceptors (Lipinski definition) is 7. The van der Waals surface area contributed by atoms with Crippen LogP contribution in [0.25, 0.3) is 6.08 Å². The van der Waals surface area contributed by atoms with Crippen LogP contribution < -0.4 is 30.2 Å². The lowest BCUT2D eigenvalue weighted by Crippen LogP contribution is -2.30. The second kappa shape index (κ2) is 15.5. The molecule has 0 aliphatic carbocycles. The molecule has 0 aliphatic heterocycles. The van der Waals surface area contributed by atoms with Gasteiger partial charge in [0.1, 0.15) is 11.4 Å². The average Bonchev–Trinajstić information content (AvgIpc) is 3.05. The molecule has 3 N–H and O–H groups in total. The van der Waals surface area contributed by atoms with E-state index in [1.54, 1.807) is 91.0 Å². The third-order valence-corrected chi connectivity index (χ3v) is 7.44. The van der Waals surface area contributed by atoms with Gasteiger partial charge in [-0.3, -0.25) is 14.4 Å². The normalized spacial score (nSPS) is 10.9. The smallest absolute Gasteiger partial charge is 0.272 e. The fraction of sp³-hybridized carbons (Fsp3) is 0.121. The number of thioether (sulfide) groups is 1. The highest BCUT2D eigenvalue weighted by Crippen LogP contribution is 2.35. The molecule has 9 nitrogen and oxygen atoms in total. The number of halogens is 1. The monoisotopic (exact) mass is 631 g/mol. The topological polar surface area (TPSA) is 115 Å². The molecule has 0 radical (unpaired) electrons. The van der Waals surface area contributed by atoms with E-state index < -0.39 is 11.8 Å². The van der Waals surface area contributed by atoms with Crippen molar-refractivity contribution in [3.63, 3.8) is 0 Å². The molecule has 4 rings (SSSR count). The fourth-order valence-electron chi connectivity index (χ4n) is 3.98. The highest BCUT2D eigenvalue weighted by molar-refractivity contribution is 8.00.